The van der Waals surface area contributed by atoms with Crippen LogP contribution < -0.4 is 0 Å². The van der Waals surface area contributed by atoms with Crippen molar-refractivity contribution in [1.82, 2.24) is 0 Å². The lowest BCUT2D eigenvalue weighted by Gasteiger charge is -1.90. The van der Waals surface area contributed by atoms with Crippen molar-refractivity contribution in [3.63, 3.8) is 0 Å². The first-order chi connectivity index (χ1) is 5.24. The minimum atomic E-state index is 0.160. The molecule has 11 heavy (non-hydrogen) atoms. The summed E-state index contributed by atoms with van der Waals surface area (Å²) < 4.78 is 11.0. The van der Waals surface area contributed by atoms with Crippen LogP contribution in [0.2, 0.25) is 0 Å². The van der Waals surface area contributed by atoms with Crippen LogP contribution in [0, 0.1) is 0 Å². The van der Waals surface area contributed by atoms with Crippen LogP contribution >= 0.6 is 31.9 Å². The molecule has 1 heterocycles. The van der Waals surface area contributed by atoms with Crippen molar-refractivity contribution in [2.75, 3.05) is 0 Å². The van der Waals surface area contributed by atoms with Gasteiger partial charge in [0, 0.05) is 0 Å². The van der Waals surface area contributed by atoms with Gasteiger partial charge in [-0.2, -0.15) is 0 Å². The van der Waals surface area contributed by atoms with Crippen molar-refractivity contribution < 1.29 is 13.9 Å². The second-order valence-electron chi connectivity index (χ2n) is 1.74. The Morgan fingerprint density at radius 3 is 2.82 bits per heavy atom. The molecule has 0 saturated carbocycles. The highest BCUT2D eigenvalue weighted by atomic mass is 79.9. The maximum atomic E-state index is 9.78. The molecular weight excluding hydrogens is 280 g/mol. The van der Waals surface area contributed by atoms with Crippen LogP contribution in [0.15, 0.2) is 19.6 Å². The highest BCUT2D eigenvalue weighted by Crippen LogP contribution is 2.26. The van der Waals surface area contributed by atoms with Gasteiger partial charge in [-0.25, -0.2) is 0 Å². The van der Waals surface area contributed by atoms with Gasteiger partial charge in [0.1, 0.15) is 12.4 Å². The molecule has 0 aliphatic carbocycles. The average Bonchev–Trinajstić information content (AvgIpc) is 2.28. The van der Waals surface area contributed by atoms with Gasteiger partial charge in [0.15, 0.2) is 4.67 Å². The Bertz CT molecular complexity index is 237. The Labute approximate surface area is 80.0 Å². The molecule has 0 aliphatic rings. The predicted octanol–water partition coefficient (Wildman–Crippen LogP) is 2.48. The molecule has 60 valence electrons. The first kappa shape index (κ1) is 8.80. The molecule has 3 nitrogen and oxygen atoms in total. The SMILES string of the molecule is O=COCc1cc(Br)c(Br)o1. The average molecular weight is 284 g/mol. The van der Waals surface area contributed by atoms with Gasteiger partial charge >= 0.3 is 0 Å². The van der Waals surface area contributed by atoms with Gasteiger partial charge in [0.25, 0.3) is 6.47 Å². The lowest BCUT2D eigenvalue weighted by Crippen LogP contribution is -1.86. The van der Waals surface area contributed by atoms with Gasteiger partial charge < -0.3 is 9.15 Å². The molecular formula is C6H4Br2O3. The van der Waals surface area contributed by atoms with E-state index in [1.54, 1.807) is 6.07 Å². The molecule has 0 fully saturated rings. The molecule has 0 saturated heterocycles. The van der Waals surface area contributed by atoms with Crippen LogP contribution in [0.1, 0.15) is 5.76 Å². The Kier molecular flexibility index (Phi) is 3.14. The first-order valence-corrected chi connectivity index (χ1v) is 4.31. The highest BCUT2D eigenvalue weighted by molar-refractivity contribution is 9.13. The molecule has 0 atom stereocenters. The number of rotatable bonds is 3. The van der Waals surface area contributed by atoms with E-state index in [0.717, 1.165) is 4.47 Å². The number of carbonyl (C=O) groups is 1. The van der Waals surface area contributed by atoms with E-state index in [9.17, 15) is 4.79 Å². The molecule has 0 amide bonds. The van der Waals surface area contributed by atoms with E-state index in [4.69, 9.17) is 4.42 Å². The fourth-order valence-electron chi connectivity index (χ4n) is 0.579. The maximum absolute atomic E-state index is 9.78. The molecule has 0 spiro atoms. The zero-order valence-corrected chi connectivity index (χ0v) is 8.51. The number of hydrogen-bond acceptors (Lipinski definition) is 3. The van der Waals surface area contributed by atoms with Gasteiger partial charge in [-0.05, 0) is 37.9 Å². The predicted molar refractivity (Wildman–Crippen MR) is 45.0 cm³/mol. The lowest BCUT2D eigenvalue weighted by molar-refractivity contribution is -0.130. The van der Waals surface area contributed by atoms with Gasteiger partial charge in [-0.1, -0.05) is 0 Å². The standard InChI is InChI=1S/C6H4Br2O3/c7-5-1-4(2-10-3-9)11-6(5)8/h1,3H,2H2. The fraction of sp³-hybridized carbons (Fsp3) is 0.167. The molecule has 5 heteroatoms. The highest BCUT2D eigenvalue weighted by Gasteiger charge is 2.05. The molecule has 1 rings (SSSR count). The van der Waals surface area contributed by atoms with Crippen LogP contribution in [0.4, 0.5) is 0 Å². The summed E-state index contributed by atoms with van der Waals surface area (Å²) in [4.78, 5) is 9.78. The summed E-state index contributed by atoms with van der Waals surface area (Å²) in [6.07, 6.45) is 0. The van der Waals surface area contributed by atoms with Crippen molar-refractivity contribution in [3.05, 3.63) is 21.0 Å². The second kappa shape index (κ2) is 3.92. The third-order valence-corrected chi connectivity index (χ3v) is 2.70. The second-order valence-corrected chi connectivity index (χ2v) is 3.32. The van der Waals surface area contributed by atoms with E-state index in [-0.39, 0.29) is 6.61 Å². The van der Waals surface area contributed by atoms with Crippen LogP contribution in [-0.2, 0) is 16.1 Å². The summed E-state index contributed by atoms with van der Waals surface area (Å²) in [6.45, 7) is 0.540. The van der Waals surface area contributed by atoms with Crippen molar-refractivity contribution >= 4 is 38.3 Å². The smallest absolute Gasteiger partial charge is 0.293 e. The zero-order valence-electron chi connectivity index (χ0n) is 5.34. The topological polar surface area (TPSA) is 39.4 Å². The molecule has 1 aromatic heterocycles. The minimum absolute atomic E-state index is 0.160. The van der Waals surface area contributed by atoms with Gasteiger partial charge in [0.2, 0.25) is 0 Å². The molecule has 1 aromatic rings. The van der Waals surface area contributed by atoms with Crippen molar-refractivity contribution in [2.45, 2.75) is 6.61 Å². The van der Waals surface area contributed by atoms with Crippen LogP contribution in [0.3, 0.4) is 0 Å². The molecule has 0 aromatic carbocycles. The molecule has 0 unspecified atom stereocenters. The van der Waals surface area contributed by atoms with E-state index in [2.05, 4.69) is 36.6 Å². The van der Waals surface area contributed by atoms with Crippen LogP contribution in [-0.4, -0.2) is 6.47 Å². The number of furan rings is 1. The normalized spacial score (nSPS) is 9.64. The molecule has 0 radical (unpaired) electrons. The van der Waals surface area contributed by atoms with E-state index in [1.807, 2.05) is 0 Å². The number of carbonyl (C=O) groups excluding carboxylic acids is 1. The summed E-state index contributed by atoms with van der Waals surface area (Å²) in [5.41, 5.74) is 0. The minimum Gasteiger partial charge on any atom is -0.460 e. The third-order valence-electron chi connectivity index (χ3n) is 0.990. The maximum Gasteiger partial charge on any atom is 0.293 e. The largest absolute Gasteiger partial charge is 0.460 e. The van der Waals surface area contributed by atoms with Crippen molar-refractivity contribution in [3.8, 4) is 0 Å². The Balaban J connectivity index is 2.64. The molecule has 0 bridgehead atoms. The van der Waals surface area contributed by atoms with Gasteiger partial charge in [0.05, 0.1) is 4.47 Å². The number of hydrogen-bond donors (Lipinski definition) is 0. The van der Waals surface area contributed by atoms with E-state index in [1.165, 1.54) is 0 Å². The van der Waals surface area contributed by atoms with Gasteiger partial charge in [-0.15, -0.1) is 0 Å². The number of ether oxygens (including phenoxy) is 1. The van der Waals surface area contributed by atoms with E-state index in [0.29, 0.717) is 16.9 Å². The summed E-state index contributed by atoms with van der Waals surface area (Å²) in [5.74, 6) is 0.593. The monoisotopic (exact) mass is 282 g/mol. The van der Waals surface area contributed by atoms with E-state index < -0.39 is 0 Å². The summed E-state index contributed by atoms with van der Waals surface area (Å²) >= 11 is 6.37. The Hall–Kier alpha value is -0.290. The first-order valence-electron chi connectivity index (χ1n) is 2.73. The quantitative estimate of drug-likeness (QED) is 0.800. The van der Waals surface area contributed by atoms with Crippen molar-refractivity contribution in [1.29, 1.82) is 0 Å². The van der Waals surface area contributed by atoms with Crippen molar-refractivity contribution in [2.24, 2.45) is 0 Å². The summed E-state index contributed by atoms with van der Waals surface area (Å²) in [7, 11) is 0. The van der Waals surface area contributed by atoms with Gasteiger partial charge in [-0.3, -0.25) is 4.79 Å². The Morgan fingerprint density at radius 2 is 2.36 bits per heavy atom. The van der Waals surface area contributed by atoms with E-state index >= 15 is 0 Å². The molecule has 0 aliphatic heterocycles. The van der Waals surface area contributed by atoms with Crippen LogP contribution in [0.25, 0.3) is 0 Å². The molecule has 0 N–H and O–H groups in total. The lowest BCUT2D eigenvalue weighted by atomic mass is 10.5. The Morgan fingerprint density at radius 1 is 1.64 bits per heavy atom. The number of halogens is 2. The summed E-state index contributed by atoms with van der Waals surface area (Å²) in [5, 5.41) is 0. The zero-order chi connectivity index (χ0) is 8.27. The fourth-order valence-corrected chi connectivity index (χ4v) is 1.24. The third kappa shape index (κ3) is 2.34. The summed E-state index contributed by atoms with van der Waals surface area (Å²) in [6, 6.07) is 1.73. The van der Waals surface area contributed by atoms with Crippen LogP contribution in [0.5, 0.6) is 0 Å².